The lowest BCUT2D eigenvalue weighted by atomic mass is 10.1. The van der Waals surface area contributed by atoms with Gasteiger partial charge in [-0.15, -0.1) is 0 Å². The second-order valence-corrected chi connectivity index (χ2v) is 6.69. The minimum atomic E-state index is -0.827. The molecule has 2 aromatic carbocycles. The van der Waals surface area contributed by atoms with E-state index >= 15 is 0 Å². The molecule has 0 bridgehead atoms. The van der Waals surface area contributed by atoms with Gasteiger partial charge in [-0.1, -0.05) is 18.2 Å². The predicted octanol–water partition coefficient (Wildman–Crippen LogP) is 3.29. The number of carbonyl (C=O) groups excluding carboxylic acids is 2. The Morgan fingerprint density at radius 1 is 1.04 bits per heavy atom. The van der Waals surface area contributed by atoms with E-state index in [2.05, 4.69) is 5.32 Å². The molecule has 0 aromatic heterocycles. The van der Waals surface area contributed by atoms with E-state index in [-0.39, 0.29) is 25.1 Å². The molecule has 0 heterocycles. The quantitative estimate of drug-likeness (QED) is 0.753. The average molecular weight is 390 g/mol. The topological polar surface area (TPSA) is 58.6 Å². The minimum Gasteiger partial charge on any atom is -0.484 e. The molecule has 28 heavy (non-hydrogen) atoms. The lowest BCUT2D eigenvalue weighted by Crippen LogP contribution is -2.50. The SMILES string of the molecule is CC(C)NC(=O)[C@@H](C)N(Cc1ccccc1F)C(=O)COc1ccc(F)cc1. The molecule has 0 saturated carbocycles. The highest BCUT2D eigenvalue weighted by Crippen LogP contribution is 2.15. The molecular weight excluding hydrogens is 366 g/mol. The number of rotatable bonds is 8. The molecule has 2 rings (SSSR count). The Bertz CT molecular complexity index is 810. The second-order valence-electron chi connectivity index (χ2n) is 6.69. The van der Waals surface area contributed by atoms with Crippen molar-refractivity contribution in [2.75, 3.05) is 6.61 Å². The lowest BCUT2D eigenvalue weighted by molar-refractivity contribution is -0.142. The summed E-state index contributed by atoms with van der Waals surface area (Å²) in [6, 6.07) is 10.4. The van der Waals surface area contributed by atoms with Crippen molar-refractivity contribution >= 4 is 11.8 Å². The molecule has 2 amide bonds. The number of hydrogen-bond acceptors (Lipinski definition) is 3. The Morgan fingerprint density at radius 2 is 1.68 bits per heavy atom. The minimum absolute atomic E-state index is 0.0784. The molecule has 1 atom stereocenters. The molecule has 0 unspecified atom stereocenters. The van der Waals surface area contributed by atoms with Crippen LogP contribution in [0.5, 0.6) is 5.75 Å². The molecular formula is C21H24F2N2O3. The Labute approximate surface area is 163 Å². The normalized spacial score (nSPS) is 11.8. The van der Waals surface area contributed by atoms with Crippen LogP contribution in [0, 0.1) is 11.6 Å². The van der Waals surface area contributed by atoms with Gasteiger partial charge in [0, 0.05) is 18.2 Å². The summed E-state index contributed by atoms with van der Waals surface area (Å²) in [5.41, 5.74) is 0.293. The molecule has 7 heteroatoms. The molecule has 0 fully saturated rings. The first-order chi connectivity index (χ1) is 13.3. The molecule has 0 aliphatic rings. The molecule has 0 radical (unpaired) electrons. The Hall–Kier alpha value is -2.96. The van der Waals surface area contributed by atoms with E-state index in [0.29, 0.717) is 11.3 Å². The van der Waals surface area contributed by atoms with Gasteiger partial charge in [-0.2, -0.15) is 0 Å². The number of hydrogen-bond donors (Lipinski definition) is 1. The predicted molar refractivity (Wildman–Crippen MR) is 102 cm³/mol. The number of ether oxygens (including phenoxy) is 1. The molecule has 0 aliphatic carbocycles. The van der Waals surface area contributed by atoms with Gasteiger partial charge in [0.25, 0.3) is 5.91 Å². The lowest BCUT2D eigenvalue weighted by Gasteiger charge is -2.29. The highest BCUT2D eigenvalue weighted by molar-refractivity contribution is 5.88. The van der Waals surface area contributed by atoms with E-state index in [1.165, 1.54) is 35.2 Å². The molecule has 0 saturated heterocycles. The summed E-state index contributed by atoms with van der Waals surface area (Å²) in [5, 5.41) is 2.75. The summed E-state index contributed by atoms with van der Waals surface area (Å²) in [7, 11) is 0. The monoisotopic (exact) mass is 390 g/mol. The van der Waals surface area contributed by atoms with Gasteiger partial charge in [0.05, 0.1) is 0 Å². The summed E-state index contributed by atoms with van der Waals surface area (Å²) in [6.45, 7) is 4.76. The summed E-state index contributed by atoms with van der Waals surface area (Å²) in [4.78, 5) is 26.4. The van der Waals surface area contributed by atoms with Gasteiger partial charge >= 0.3 is 0 Å². The van der Waals surface area contributed by atoms with Crippen molar-refractivity contribution in [2.45, 2.75) is 39.4 Å². The summed E-state index contributed by atoms with van der Waals surface area (Å²) in [6.07, 6.45) is 0. The van der Waals surface area contributed by atoms with Gasteiger partial charge in [-0.25, -0.2) is 8.78 Å². The van der Waals surface area contributed by atoms with Crippen LogP contribution in [0.15, 0.2) is 48.5 Å². The Kier molecular flexibility index (Phi) is 7.49. The van der Waals surface area contributed by atoms with E-state index < -0.39 is 23.6 Å². The van der Waals surface area contributed by atoms with Gasteiger partial charge < -0.3 is 15.0 Å². The highest BCUT2D eigenvalue weighted by atomic mass is 19.1. The van der Waals surface area contributed by atoms with Crippen LogP contribution < -0.4 is 10.1 Å². The van der Waals surface area contributed by atoms with E-state index in [9.17, 15) is 18.4 Å². The first-order valence-electron chi connectivity index (χ1n) is 8.99. The molecule has 0 spiro atoms. The van der Waals surface area contributed by atoms with Crippen LogP contribution in [0.25, 0.3) is 0 Å². The number of carbonyl (C=O) groups is 2. The van der Waals surface area contributed by atoms with Crippen LogP contribution in [-0.2, 0) is 16.1 Å². The Balaban J connectivity index is 2.15. The molecule has 150 valence electrons. The number of amides is 2. The van der Waals surface area contributed by atoms with Gasteiger partial charge in [-0.3, -0.25) is 9.59 Å². The fourth-order valence-corrected chi connectivity index (χ4v) is 2.56. The van der Waals surface area contributed by atoms with Crippen molar-refractivity contribution in [2.24, 2.45) is 0 Å². The van der Waals surface area contributed by atoms with Crippen molar-refractivity contribution in [3.05, 3.63) is 65.7 Å². The van der Waals surface area contributed by atoms with Crippen LogP contribution >= 0.6 is 0 Å². The van der Waals surface area contributed by atoms with E-state index in [1.54, 1.807) is 25.1 Å². The van der Waals surface area contributed by atoms with E-state index in [4.69, 9.17) is 4.74 Å². The summed E-state index contributed by atoms with van der Waals surface area (Å²) < 4.78 is 32.5. The first kappa shape index (κ1) is 21.3. The van der Waals surface area contributed by atoms with Gasteiger partial charge in [0.2, 0.25) is 5.91 Å². The van der Waals surface area contributed by atoms with Crippen LogP contribution in [-0.4, -0.2) is 35.4 Å². The average Bonchev–Trinajstić information content (AvgIpc) is 2.65. The summed E-state index contributed by atoms with van der Waals surface area (Å²) in [5.74, 6) is -1.39. The third-order valence-corrected chi connectivity index (χ3v) is 4.07. The number of halogens is 2. The number of benzene rings is 2. The maximum absolute atomic E-state index is 14.1. The largest absolute Gasteiger partial charge is 0.484 e. The maximum Gasteiger partial charge on any atom is 0.261 e. The second kappa shape index (κ2) is 9.82. The standard InChI is InChI=1S/C21H24F2N2O3/c1-14(2)24-21(27)15(3)25(12-16-6-4-5-7-19(16)23)20(26)13-28-18-10-8-17(22)9-11-18/h4-11,14-15H,12-13H2,1-3H3,(H,24,27)/t15-/m1/s1. The zero-order chi connectivity index (χ0) is 20.7. The molecule has 2 aromatic rings. The molecule has 1 N–H and O–H groups in total. The third kappa shape index (κ3) is 6.04. The fraction of sp³-hybridized carbons (Fsp3) is 0.333. The highest BCUT2D eigenvalue weighted by Gasteiger charge is 2.27. The van der Waals surface area contributed by atoms with Crippen molar-refractivity contribution in [1.29, 1.82) is 0 Å². The third-order valence-electron chi connectivity index (χ3n) is 4.07. The maximum atomic E-state index is 14.1. The first-order valence-corrected chi connectivity index (χ1v) is 8.99. The van der Waals surface area contributed by atoms with Gasteiger partial charge in [0.15, 0.2) is 6.61 Å². The van der Waals surface area contributed by atoms with Crippen LogP contribution in [0.2, 0.25) is 0 Å². The van der Waals surface area contributed by atoms with Crippen LogP contribution in [0.4, 0.5) is 8.78 Å². The van der Waals surface area contributed by atoms with Crippen molar-refractivity contribution < 1.29 is 23.1 Å². The molecule has 0 aliphatic heterocycles. The smallest absolute Gasteiger partial charge is 0.261 e. The van der Waals surface area contributed by atoms with Crippen LogP contribution in [0.3, 0.4) is 0 Å². The summed E-state index contributed by atoms with van der Waals surface area (Å²) >= 11 is 0. The van der Waals surface area contributed by atoms with Gasteiger partial charge in [0.1, 0.15) is 23.4 Å². The van der Waals surface area contributed by atoms with E-state index in [1.807, 2.05) is 13.8 Å². The molecule has 5 nitrogen and oxygen atoms in total. The van der Waals surface area contributed by atoms with E-state index in [0.717, 1.165) is 0 Å². The van der Waals surface area contributed by atoms with Crippen molar-refractivity contribution in [1.82, 2.24) is 10.2 Å². The zero-order valence-corrected chi connectivity index (χ0v) is 16.1. The number of nitrogens with zero attached hydrogens (tertiary/aromatic N) is 1. The van der Waals surface area contributed by atoms with Crippen molar-refractivity contribution in [3.8, 4) is 5.75 Å². The fourth-order valence-electron chi connectivity index (χ4n) is 2.56. The zero-order valence-electron chi connectivity index (χ0n) is 16.1. The van der Waals surface area contributed by atoms with Gasteiger partial charge in [-0.05, 0) is 51.1 Å². The van der Waals surface area contributed by atoms with Crippen molar-refractivity contribution in [3.63, 3.8) is 0 Å². The Morgan fingerprint density at radius 3 is 2.29 bits per heavy atom. The van der Waals surface area contributed by atoms with Crippen LogP contribution in [0.1, 0.15) is 26.3 Å². The number of nitrogens with one attached hydrogen (secondary N) is 1.